The first kappa shape index (κ1) is 16.4. The number of halogens is 2. The highest BCUT2D eigenvalue weighted by Crippen LogP contribution is 2.25. The molecule has 1 unspecified atom stereocenters. The SMILES string of the molecule is CCOC(=O)C1COC(=O)N1C1CCN(C(=O)C(F)F)CC1. The van der Waals surface area contributed by atoms with Gasteiger partial charge in [-0.05, 0) is 19.8 Å². The molecule has 0 saturated carbocycles. The topological polar surface area (TPSA) is 76.2 Å². The van der Waals surface area contributed by atoms with Gasteiger partial charge in [-0.25, -0.2) is 9.59 Å². The third-order valence-corrected chi connectivity index (χ3v) is 3.83. The zero-order valence-electron chi connectivity index (χ0n) is 12.2. The number of amides is 2. The van der Waals surface area contributed by atoms with Crippen LogP contribution in [0.3, 0.4) is 0 Å². The number of carbonyl (C=O) groups excluding carboxylic acids is 3. The van der Waals surface area contributed by atoms with Gasteiger partial charge in [0.25, 0.3) is 5.91 Å². The molecule has 0 aromatic rings. The zero-order chi connectivity index (χ0) is 16.3. The third kappa shape index (κ3) is 3.28. The molecule has 22 heavy (non-hydrogen) atoms. The van der Waals surface area contributed by atoms with Crippen molar-refractivity contribution in [1.82, 2.24) is 9.80 Å². The molecule has 0 radical (unpaired) electrons. The molecule has 0 aliphatic carbocycles. The van der Waals surface area contributed by atoms with Gasteiger partial charge < -0.3 is 14.4 Å². The number of carbonyl (C=O) groups is 3. The second kappa shape index (κ2) is 6.89. The van der Waals surface area contributed by atoms with Crippen LogP contribution in [0.4, 0.5) is 13.6 Å². The van der Waals surface area contributed by atoms with E-state index in [0.29, 0.717) is 12.8 Å². The highest BCUT2D eigenvalue weighted by atomic mass is 19.3. The maximum Gasteiger partial charge on any atom is 0.410 e. The minimum absolute atomic E-state index is 0.0756. The number of likely N-dealkylation sites (tertiary alicyclic amines) is 1. The maximum atomic E-state index is 12.4. The lowest BCUT2D eigenvalue weighted by Crippen LogP contribution is -2.52. The van der Waals surface area contributed by atoms with Crippen LogP contribution in [0, 0.1) is 0 Å². The van der Waals surface area contributed by atoms with E-state index in [1.807, 2.05) is 0 Å². The molecule has 2 aliphatic heterocycles. The standard InChI is InChI=1S/C13H18F2N2O5/c1-2-21-12(19)9-7-22-13(20)17(9)8-3-5-16(6-4-8)11(18)10(14)15/h8-10H,2-7H2,1H3. The summed E-state index contributed by atoms with van der Waals surface area (Å²) in [4.78, 5) is 37.3. The maximum absolute atomic E-state index is 12.4. The van der Waals surface area contributed by atoms with Gasteiger partial charge in [0.05, 0.1) is 6.61 Å². The molecule has 9 heteroatoms. The van der Waals surface area contributed by atoms with Crippen molar-refractivity contribution in [3.05, 3.63) is 0 Å². The summed E-state index contributed by atoms with van der Waals surface area (Å²) < 4.78 is 34.6. The molecule has 0 bridgehead atoms. The summed E-state index contributed by atoms with van der Waals surface area (Å²) in [5.74, 6) is -1.75. The molecular weight excluding hydrogens is 302 g/mol. The van der Waals surface area contributed by atoms with Crippen LogP contribution >= 0.6 is 0 Å². The minimum atomic E-state index is -3.03. The monoisotopic (exact) mass is 320 g/mol. The average Bonchev–Trinajstić information content (AvgIpc) is 2.88. The van der Waals surface area contributed by atoms with Crippen molar-refractivity contribution in [2.45, 2.75) is 38.3 Å². The largest absolute Gasteiger partial charge is 0.464 e. The number of ether oxygens (including phenoxy) is 2. The van der Waals surface area contributed by atoms with Crippen molar-refractivity contribution in [2.24, 2.45) is 0 Å². The zero-order valence-corrected chi connectivity index (χ0v) is 12.2. The Kier molecular flexibility index (Phi) is 5.15. The van der Waals surface area contributed by atoms with Gasteiger partial charge in [-0.1, -0.05) is 0 Å². The first-order valence-corrected chi connectivity index (χ1v) is 7.14. The lowest BCUT2D eigenvalue weighted by Gasteiger charge is -2.37. The molecule has 124 valence electrons. The van der Waals surface area contributed by atoms with E-state index in [2.05, 4.69) is 0 Å². The number of hydrogen-bond donors (Lipinski definition) is 0. The Balaban J connectivity index is 1.98. The molecule has 0 aromatic carbocycles. The highest BCUT2D eigenvalue weighted by Gasteiger charge is 2.44. The Morgan fingerprint density at radius 3 is 2.55 bits per heavy atom. The van der Waals surface area contributed by atoms with Crippen molar-refractivity contribution in [2.75, 3.05) is 26.3 Å². The molecule has 7 nitrogen and oxygen atoms in total. The number of rotatable bonds is 4. The Hall–Kier alpha value is -1.93. The van der Waals surface area contributed by atoms with Gasteiger partial charge in [-0.2, -0.15) is 8.78 Å². The van der Waals surface area contributed by atoms with Gasteiger partial charge in [0.2, 0.25) is 0 Å². The van der Waals surface area contributed by atoms with Crippen molar-refractivity contribution >= 4 is 18.0 Å². The lowest BCUT2D eigenvalue weighted by molar-refractivity contribution is -0.149. The molecule has 1 atom stereocenters. The number of cyclic esters (lactones) is 1. The van der Waals surface area contributed by atoms with E-state index in [1.165, 1.54) is 4.90 Å². The predicted octanol–water partition coefficient (Wildman–Crippen LogP) is 0.626. The summed E-state index contributed by atoms with van der Waals surface area (Å²) in [5.41, 5.74) is 0. The van der Waals surface area contributed by atoms with Crippen LogP contribution < -0.4 is 0 Å². The molecule has 2 heterocycles. The molecular formula is C13H18F2N2O5. The van der Waals surface area contributed by atoms with E-state index >= 15 is 0 Å². The highest BCUT2D eigenvalue weighted by molar-refractivity contribution is 5.84. The summed E-state index contributed by atoms with van der Waals surface area (Å²) in [5, 5.41) is 0. The Labute approximate surface area is 126 Å². The molecule has 2 fully saturated rings. The number of hydrogen-bond acceptors (Lipinski definition) is 5. The normalized spacial score (nSPS) is 22.9. The van der Waals surface area contributed by atoms with E-state index in [-0.39, 0.29) is 32.3 Å². The molecule has 2 saturated heterocycles. The summed E-state index contributed by atoms with van der Waals surface area (Å²) in [7, 11) is 0. The van der Waals surface area contributed by atoms with Crippen molar-refractivity contribution in [1.29, 1.82) is 0 Å². The second-order valence-electron chi connectivity index (χ2n) is 5.11. The molecule has 0 N–H and O–H groups in total. The molecule has 2 rings (SSSR count). The van der Waals surface area contributed by atoms with E-state index in [4.69, 9.17) is 9.47 Å². The minimum Gasteiger partial charge on any atom is -0.464 e. The van der Waals surface area contributed by atoms with Crippen LogP contribution in [0.25, 0.3) is 0 Å². The van der Waals surface area contributed by atoms with Crippen LogP contribution in [0.5, 0.6) is 0 Å². The molecule has 2 aliphatic rings. The summed E-state index contributed by atoms with van der Waals surface area (Å²) in [6.07, 6.45) is -3.00. The van der Waals surface area contributed by atoms with E-state index in [9.17, 15) is 23.2 Å². The van der Waals surface area contributed by atoms with E-state index in [1.54, 1.807) is 6.92 Å². The fourth-order valence-corrected chi connectivity index (χ4v) is 2.76. The van der Waals surface area contributed by atoms with Gasteiger partial charge in [0, 0.05) is 19.1 Å². The fourth-order valence-electron chi connectivity index (χ4n) is 2.76. The number of alkyl halides is 2. The van der Waals surface area contributed by atoms with Gasteiger partial charge >= 0.3 is 18.5 Å². The van der Waals surface area contributed by atoms with E-state index in [0.717, 1.165) is 4.90 Å². The lowest BCUT2D eigenvalue weighted by atomic mass is 10.0. The van der Waals surface area contributed by atoms with Crippen LogP contribution in [-0.2, 0) is 19.1 Å². The van der Waals surface area contributed by atoms with Crippen LogP contribution in [0.2, 0.25) is 0 Å². The quantitative estimate of drug-likeness (QED) is 0.710. The van der Waals surface area contributed by atoms with Crippen molar-refractivity contribution in [3.63, 3.8) is 0 Å². The number of esters is 1. The first-order chi connectivity index (χ1) is 10.5. The Bertz CT molecular complexity index is 452. The van der Waals surface area contributed by atoms with E-state index < -0.39 is 30.4 Å². The molecule has 2 amide bonds. The summed E-state index contributed by atoms with van der Waals surface area (Å²) >= 11 is 0. The second-order valence-corrected chi connectivity index (χ2v) is 5.11. The van der Waals surface area contributed by atoms with Crippen LogP contribution in [0.15, 0.2) is 0 Å². The molecule has 0 aromatic heterocycles. The Morgan fingerprint density at radius 2 is 2.00 bits per heavy atom. The smallest absolute Gasteiger partial charge is 0.410 e. The number of piperidine rings is 1. The van der Waals surface area contributed by atoms with Gasteiger partial charge in [-0.3, -0.25) is 9.69 Å². The summed E-state index contributed by atoms with van der Waals surface area (Å²) in [6.45, 7) is 2.02. The molecule has 0 spiro atoms. The van der Waals surface area contributed by atoms with Crippen molar-refractivity contribution in [3.8, 4) is 0 Å². The van der Waals surface area contributed by atoms with Crippen LogP contribution in [-0.4, -0.2) is 72.6 Å². The Morgan fingerprint density at radius 1 is 1.36 bits per heavy atom. The third-order valence-electron chi connectivity index (χ3n) is 3.83. The van der Waals surface area contributed by atoms with Gasteiger partial charge in [0.1, 0.15) is 6.61 Å². The summed E-state index contributed by atoms with van der Waals surface area (Å²) in [6, 6.07) is -1.14. The predicted molar refractivity (Wildman–Crippen MR) is 69.2 cm³/mol. The van der Waals surface area contributed by atoms with Gasteiger partial charge in [-0.15, -0.1) is 0 Å². The van der Waals surface area contributed by atoms with Gasteiger partial charge in [0.15, 0.2) is 6.04 Å². The average molecular weight is 320 g/mol. The van der Waals surface area contributed by atoms with Crippen molar-refractivity contribution < 1.29 is 32.6 Å². The number of nitrogens with zero attached hydrogens (tertiary/aromatic N) is 2. The first-order valence-electron chi connectivity index (χ1n) is 7.14. The van der Waals surface area contributed by atoms with Crippen LogP contribution in [0.1, 0.15) is 19.8 Å². The fraction of sp³-hybridized carbons (Fsp3) is 0.769.